The lowest BCUT2D eigenvalue weighted by Crippen LogP contribution is -2.26. The van der Waals surface area contributed by atoms with Crippen molar-refractivity contribution in [3.63, 3.8) is 0 Å². The molecule has 0 saturated carbocycles. The maximum atomic E-state index is 3.32. The van der Waals surface area contributed by atoms with Crippen molar-refractivity contribution in [2.45, 2.75) is 40.7 Å². The van der Waals surface area contributed by atoms with Gasteiger partial charge in [-0.15, -0.1) is 0 Å². The van der Waals surface area contributed by atoms with Crippen LogP contribution in [0.5, 0.6) is 0 Å². The van der Waals surface area contributed by atoms with E-state index in [2.05, 4.69) is 56.6 Å². The molecule has 1 heteroatoms. The van der Waals surface area contributed by atoms with E-state index in [4.69, 9.17) is 0 Å². The SMILES string of the molecule is CC.CC(C)(C)C1=CC2C=CNC2C=C1. The predicted octanol–water partition coefficient (Wildman–Crippen LogP) is 3.66. The number of rotatable bonds is 0. The topological polar surface area (TPSA) is 12.0 Å². The zero-order valence-electron chi connectivity index (χ0n) is 10.5. The largest absolute Gasteiger partial charge is 0.384 e. The fourth-order valence-electron chi connectivity index (χ4n) is 1.82. The van der Waals surface area contributed by atoms with Crippen LogP contribution in [-0.2, 0) is 0 Å². The number of fused-ring (bicyclic) bond motifs is 1. The number of allylic oxidation sites excluding steroid dienone is 2. The van der Waals surface area contributed by atoms with Crippen LogP contribution in [-0.4, -0.2) is 6.04 Å². The Bertz CT molecular complexity index is 289. The minimum Gasteiger partial charge on any atom is -0.384 e. The Labute approximate surface area is 94.0 Å². The van der Waals surface area contributed by atoms with Crippen LogP contribution in [0.15, 0.2) is 36.1 Å². The molecule has 15 heavy (non-hydrogen) atoms. The molecule has 2 rings (SSSR count). The minimum atomic E-state index is 0.276. The fraction of sp³-hybridized carbons (Fsp3) is 0.571. The zero-order chi connectivity index (χ0) is 11.5. The Kier molecular flexibility index (Phi) is 3.78. The molecule has 0 aromatic heterocycles. The molecule has 1 heterocycles. The van der Waals surface area contributed by atoms with Crippen molar-refractivity contribution in [3.05, 3.63) is 36.1 Å². The molecule has 1 aliphatic carbocycles. The van der Waals surface area contributed by atoms with Crippen molar-refractivity contribution >= 4 is 0 Å². The molecule has 84 valence electrons. The van der Waals surface area contributed by atoms with Gasteiger partial charge in [0.2, 0.25) is 0 Å². The predicted molar refractivity (Wildman–Crippen MR) is 67.6 cm³/mol. The highest BCUT2D eigenvalue weighted by Crippen LogP contribution is 2.32. The molecule has 0 bridgehead atoms. The van der Waals surface area contributed by atoms with Crippen molar-refractivity contribution in [1.29, 1.82) is 0 Å². The highest BCUT2D eigenvalue weighted by Gasteiger charge is 2.25. The van der Waals surface area contributed by atoms with Gasteiger partial charge in [-0.25, -0.2) is 0 Å². The van der Waals surface area contributed by atoms with E-state index >= 15 is 0 Å². The maximum absolute atomic E-state index is 3.32. The molecular formula is C14H23N. The molecular weight excluding hydrogens is 182 g/mol. The molecule has 2 unspecified atom stereocenters. The first kappa shape index (κ1) is 12.1. The van der Waals surface area contributed by atoms with Crippen LogP contribution in [0.1, 0.15) is 34.6 Å². The second-order valence-corrected chi connectivity index (χ2v) is 4.86. The van der Waals surface area contributed by atoms with Gasteiger partial charge in [0.25, 0.3) is 0 Å². The first-order chi connectivity index (χ1) is 7.07. The van der Waals surface area contributed by atoms with E-state index in [9.17, 15) is 0 Å². The lowest BCUT2D eigenvalue weighted by atomic mass is 9.80. The van der Waals surface area contributed by atoms with Crippen molar-refractivity contribution in [2.24, 2.45) is 11.3 Å². The van der Waals surface area contributed by atoms with Gasteiger partial charge in [-0.3, -0.25) is 0 Å². The average molecular weight is 205 g/mol. The lowest BCUT2D eigenvalue weighted by Gasteiger charge is -2.26. The summed E-state index contributed by atoms with van der Waals surface area (Å²) in [5.74, 6) is 0.569. The Hall–Kier alpha value is -0.980. The van der Waals surface area contributed by atoms with Crippen molar-refractivity contribution in [1.82, 2.24) is 5.32 Å². The van der Waals surface area contributed by atoms with Gasteiger partial charge < -0.3 is 5.32 Å². The number of hydrogen-bond donors (Lipinski definition) is 1. The van der Waals surface area contributed by atoms with Crippen molar-refractivity contribution in [3.8, 4) is 0 Å². The summed E-state index contributed by atoms with van der Waals surface area (Å²) in [4.78, 5) is 0. The highest BCUT2D eigenvalue weighted by molar-refractivity contribution is 5.35. The first-order valence-electron chi connectivity index (χ1n) is 5.90. The molecule has 1 nitrogen and oxygen atoms in total. The quantitative estimate of drug-likeness (QED) is 0.636. The highest BCUT2D eigenvalue weighted by atomic mass is 14.9. The van der Waals surface area contributed by atoms with Crippen LogP contribution in [0.3, 0.4) is 0 Å². The molecule has 0 spiro atoms. The molecule has 0 saturated heterocycles. The van der Waals surface area contributed by atoms with Gasteiger partial charge in [0, 0.05) is 5.92 Å². The van der Waals surface area contributed by atoms with Gasteiger partial charge in [0.1, 0.15) is 0 Å². The average Bonchev–Trinajstić information content (AvgIpc) is 2.66. The number of nitrogens with one attached hydrogen (secondary N) is 1. The van der Waals surface area contributed by atoms with Gasteiger partial charge in [0.05, 0.1) is 6.04 Å². The third-order valence-corrected chi connectivity index (χ3v) is 2.74. The van der Waals surface area contributed by atoms with Gasteiger partial charge in [-0.2, -0.15) is 0 Å². The Balaban J connectivity index is 0.000000531. The van der Waals surface area contributed by atoms with Crippen molar-refractivity contribution in [2.75, 3.05) is 0 Å². The lowest BCUT2D eigenvalue weighted by molar-refractivity contribution is 0.501. The van der Waals surface area contributed by atoms with E-state index in [0.717, 1.165) is 0 Å². The summed E-state index contributed by atoms with van der Waals surface area (Å²) in [6.45, 7) is 10.8. The van der Waals surface area contributed by atoms with Crippen LogP contribution in [0.2, 0.25) is 0 Å². The summed E-state index contributed by atoms with van der Waals surface area (Å²) in [6.07, 6.45) is 11.2. The van der Waals surface area contributed by atoms with E-state index in [1.54, 1.807) is 0 Å². The maximum Gasteiger partial charge on any atom is 0.0540 e. The van der Waals surface area contributed by atoms with Crippen LogP contribution in [0.4, 0.5) is 0 Å². The Morgan fingerprint density at radius 1 is 1.13 bits per heavy atom. The minimum absolute atomic E-state index is 0.276. The Morgan fingerprint density at radius 2 is 1.80 bits per heavy atom. The summed E-state index contributed by atoms with van der Waals surface area (Å²) in [5.41, 5.74) is 1.72. The van der Waals surface area contributed by atoms with E-state index in [1.807, 2.05) is 13.8 Å². The third kappa shape index (κ3) is 2.74. The van der Waals surface area contributed by atoms with E-state index in [1.165, 1.54) is 5.57 Å². The zero-order valence-corrected chi connectivity index (χ0v) is 10.5. The molecule has 0 amide bonds. The van der Waals surface area contributed by atoms with Crippen LogP contribution < -0.4 is 5.32 Å². The standard InChI is InChI=1S/C12H17N.C2H6/c1-12(2,3)10-4-5-11-9(8-10)6-7-13-11;1-2/h4-9,11,13H,1-3H3;1-2H3. The monoisotopic (exact) mass is 205 g/mol. The second-order valence-electron chi connectivity index (χ2n) is 4.86. The van der Waals surface area contributed by atoms with Crippen LogP contribution in [0, 0.1) is 11.3 Å². The molecule has 0 radical (unpaired) electrons. The summed E-state index contributed by atoms with van der Waals surface area (Å²) in [6, 6.07) is 0.506. The summed E-state index contributed by atoms with van der Waals surface area (Å²) < 4.78 is 0. The fourth-order valence-corrected chi connectivity index (χ4v) is 1.82. The normalized spacial score (nSPS) is 27.4. The molecule has 0 fully saturated rings. The molecule has 1 aliphatic heterocycles. The van der Waals surface area contributed by atoms with Gasteiger partial charge in [0.15, 0.2) is 0 Å². The van der Waals surface area contributed by atoms with Crippen LogP contribution >= 0.6 is 0 Å². The van der Waals surface area contributed by atoms with Crippen molar-refractivity contribution < 1.29 is 0 Å². The Morgan fingerprint density at radius 3 is 2.40 bits per heavy atom. The summed E-state index contributed by atoms with van der Waals surface area (Å²) >= 11 is 0. The van der Waals surface area contributed by atoms with Gasteiger partial charge in [-0.1, -0.05) is 58.9 Å². The van der Waals surface area contributed by atoms with E-state index in [0.29, 0.717) is 12.0 Å². The smallest absolute Gasteiger partial charge is 0.0540 e. The van der Waals surface area contributed by atoms with E-state index in [-0.39, 0.29) is 5.41 Å². The second kappa shape index (κ2) is 4.69. The van der Waals surface area contributed by atoms with Crippen LogP contribution in [0.25, 0.3) is 0 Å². The molecule has 2 aliphatic rings. The summed E-state index contributed by atoms with van der Waals surface area (Å²) in [5, 5.41) is 3.32. The summed E-state index contributed by atoms with van der Waals surface area (Å²) in [7, 11) is 0. The molecule has 0 aromatic rings. The van der Waals surface area contributed by atoms with Gasteiger partial charge in [-0.05, 0) is 17.2 Å². The van der Waals surface area contributed by atoms with Gasteiger partial charge >= 0.3 is 0 Å². The third-order valence-electron chi connectivity index (χ3n) is 2.74. The molecule has 0 aromatic carbocycles. The number of hydrogen-bond acceptors (Lipinski definition) is 1. The van der Waals surface area contributed by atoms with E-state index < -0.39 is 0 Å². The molecule has 2 atom stereocenters. The first-order valence-corrected chi connectivity index (χ1v) is 5.90. The molecule has 1 N–H and O–H groups in total.